The number of hydrogen-bond donors (Lipinski definition) is 0. The van der Waals surface area contributed by atoms with Gasteiger partial charge in [-0.3, -0.25) is 0 Å². The normalized spacial score (nSPS) is 21.6. The molecule has 1 unspecified atom stereocenters. The smallest absolute Gasteiger partial charge is 0.212 e. The van der Waals surface area contributed by atoms with Gasteiger partial charge < -0.3 is 0 Å². The van der Waals surface area contributed by atoms with E-state index >= 15 is 0 Å². The standard InChI is InChI=1S/C14H22N2O4S2/c1-11(2)14-15(21(4,17)18)9-10-16(14)22(19,20)13-7-5-12(3)6-8-13/h5-8,11,14H,9-10H2,1-4H3. The maximum absolute atomic E-state index is 12.8. The van der Waals surface area contributed by atoms with Gasteiger partial charge in [-0.1, -0.05) is 31.5 Å². The van der Waals surface area contributed by atoms with Gasteiger partial charge in [0.1, 0.15) is 0 Å². The van der Waals surface area contributed by atoms with Crippen LogP contribution in [-0.4, -0.2) is 51.0 Å². The highest BCUT2D eigenvalue weighted by molar-refractivity contribution is 7.89. The third kappa shape index (κ3) is 3.19. The zero-order valence-electron chi connectivity index (χ0n) is 13.2. The van der Waals surface area contributed by atoms with Crippen molar-refractivity contribution >= 4 is 20.0 Å². The average Bonchev–Trinajstić information content (AvgIpc) is 2.84. The van der Waals surface area contributed by atoms with Crippen LogP contribution in [0, 0.1) is 12.8 Å². The van der Waals surface area contributed by atoms with Gasteiger partial charge in [-0.15, -0.1) is 0 Å². The molecule has 0 saturated carbocycles. The van der Waals surface area contributed by atoms with Gasteiger partial charge in [0.15, 0.2) is 0 Å². The molecular weight excluding hydrogens is 324 g/mol. The summed E-state index contributed by atoms with van der Waals surface area (Å²) in [6.45, 7) is 5.89. The van der Waals surface area contributed by atoms with E-state index in [0.717, 1.165) is 11.8 Å². The Hall–Kier alpha value is -0.960. The van der Waals surface area contributed by atoms with E-state index in [1.54, 1.807) is 24.3 Å². The molecule has 0 aromatic heterocycles. The zero-order valence-corrected chi connectivity index (χ0v) is 14.9. The van der Waals surface area contributed by atoms with Crippen molar-refractivity contribution < 1.29 is 16.8 Å². The Morgan fingerprint density at radius 1 is 1.00 bits per heavy atom. The molecule has 8 heteroatoms. The van der Waals surface area contributed by atoms with Crippen molar-refractivity contribution in [2.24, 2.45) is 5.92 Å². The summed E-state index contributed by atoms with van der Waals surface area (Å²) in [6.07, 6.45) is 0.436. The van der Waals surface area contributed by atoms with Crippen LogP contribution in [0.1, 0.15) is 19.4 Å². The van der Waals surface area contributed by atoms with E-state index < -0.39 is 26.2 Å². The highest BCUT2D eigenvalue weighted by atomic mass is 32.2. The second kappa shape index (κ2) is 5.92. The Morgan fingerprint density at radius 2 is 1.50 bits per heavy atom. The summed E-state index contributed by atoms with van der Waals surface area (Å²) in [7, 11) is -7.17. The summed E-state index contributed by atoms with van der Waals surface area (Å²) < 4.78 is 52.1. The Kier molecular flexibility index (Phi) is 4.68. The molecule has 1 fully saturated rings. The van der Waals surface area contributed by atoms with Crippen LogP contribution in [-0.2, 0) is 20.0 Å². The number of rotatable bonds is 4. The van der Waals surface area contributed by atoms with Crippen LogP contribution in [0.3, 0.4) is 0 Å². The monoisotopic (exact) mass is 346 g/mol. The molecule has 0 spiro atoms. The molecule has 0 aliphatic carbocycles. The van der Waals surface area contributed by atoms with Gasteiger partial charge in [0, 0.05) is 13.1 Å². The van der Waals surface area contributed by atoms with E-state index in [0.29, 0.717) is 0 Å². The summed E-state index contributed by atoms with van der Waals surface area (Å²) in [6, 6.07) is 6.60. The molecule has 1 heterocycles. The Morgan fingerprint density at radius 3 is 1.95 bits per heavy atom. The minimum Gasteiger partial charge on any atom is -0.212 e. The topological polar surface area (TPSA) is 74.8 Å². The molecule has 1 aliphatic heterocycles. The quantitative estimate of drug-likeness (QED) is 0.822. The van der Waals surface area contributed by atoms with E-state index in [-0.39, 0.29) is 23.9 Å². The zero-order chi connectivity index (χ0) is 16.7. The molecule has 1 atom stereocenters. The molecule has 124 valence electrons. The van der Waals surface area contributed by atoms with E-state index in [9.17, 15) is 16.8 Å². The molecule has 1 aromatic rings. The van der Waals surface area contributed by atoms with Crippen LogP contribution in [0.25, 0.3) is 0 Å². The van der Waals surface area contributed by atoms with Crippen LogP contribution < -0.4 is 0 Å². The highest BCUT2D eigenvalue weighted by Gasteiger charge is 2.45. The first-order chi connectivity index (χ1) is 10.0. The molecule has 22 heavy (non-hydrogen) atoms. The number of aryl methyl sites for hydroxylation is 1. The molecule has 1 aliphatic rings. The number of hydrogen-bond acceptors (Lipinski definition) is 4. The summed E-state index contributed by atoms with van der Waals surface area (Å²) in [5.41, 5.74) is 0.971. The Bertz CT molecular complexity index is 740. The molecule has 0 N–H and O–H groups in total. The lowest BCUT2D eigenvalue weighted by atomic mass is 10.2. The SMILES string of the molecule is Cc1ccc(S(=O)(=O)N2CCN(S(C)(=O)=O)C2C(C)C)cc1. The van der Waals surface area contributed by atoms with Gasteiger partial charge in [-0.2, -0.15) is 8.61 Å². The fraction of sp³-hybridized carbons (Fsp3) is 0.571. The third-order valence-corrected chi connectivity index (χ3v) is 6.92. The predicted octanol–water partition coefficient (Wildman–Crippen LogP) is 1.24. The van der Waals surface area contributed by atoms with Gasteiger partial charge in [-0.25, -0.2) is 16.8 Å². The second-order valence-corrected chi connectivity index (χ2v) is 9.79. The van der Waals surface area contributed by atoms with Crippen LogP contribution in [0.2, 0.25) is 0 Å². The molecule has 1 aromatic carbocycles. The lowest BCUT2D eigenvalue weighted by Gasteiger charge is -2.31. The van der Waals surface area contributed by atoms with Crippen LogP contribution in [0.5, 0.6) is 0 Å². The lowest BCUT2D eigenvalue weighted by Crippen LogP contribution is -2.47. The van der Waals surface area contributed by atoms with Crippen LogP contribution in [0.4, 0.5) is 0 Å². The summed E-state index contributed by atoms with van der Waals surface area (Å²) in [5, 5.41) is 0. The van der Waals surface area contributed by atoms with E-state index in [4.69, 9.17) is 0 Å². The number of sulfonamides is 2. The molecule has 6 nitrogen and oxygen atoms in total. The average molecular weight is 346 g/mol. The van der Waals surface area contributed by atoms with E-state index in [1.807, 2.05) is 20.8 Å². The number of nitrogens with zero attached hydrogens (tertiary/aromatic N) is 2. The van der Waals surface area contributed by atoms with Crippen molar-refractivity contribution in [3.63, 3.8) is 0 Å². The van der Waals surface area contributed by atoms with Gasteiger partial charge in [-0.05, 0) is 25.0 Å². The Balaban J connectivity index is 2.44. The van der Waals surface area contributed by atoms with Gasteiger partial charge in [0.2, 0.25) is 20.0 Å². The fourth-order valence-corrected chi connectivity index (χ4v) is 5.68. The maximum atomic E-state index is 12.8. The first-order valence-corrected chi connectivity index (χ1v) is 10.4. The Labute approximate surface area is 132 Å². The first kappa shape index (κ1) is 17.4. The maximum Gasteiger partial charge on any atom is 0.244 e. The largest absolute Gasteiger partial charge is 0.244 e. The van der Waals surface area contributed by atoms with Crippen molar-refractivity contribution in [1.29, 1.82) is 0 Å². The molecule has 0 amide bonds. The summed E-state index contributed by atoms with van der Waals surface area (Å²) in [4.78, 5) is 0.194. The molecule has 1 saturated heterocycles. The predicted molar refractivity (Wildman–Crippen MR) is 85.2 cm³/mol. The molecular formula is C14H22N2O4S2. The van der Waals surface area contributed by atoms with Gasteiger partial charge >= 0.3 is 0 Å². The first-order valence-electron chi connectivity index (χ1n) is 7.10. The van der Waals surface area contributed by atoms with Crippen LogP contribution in [0.15, 0.2) is 29.2 Å². The minimum absolute atomic E-state index is 0.141. The molecule has 2 rings (SSSR count). The van der Waals surface area contributed by atoms with E-state index in [1.165, 1.54) is 8.61 Å². The van der Waals surface area contributed by atoms with Crippen LogP contribution >= 0.6 is 0 Å². The van der Waals surface area contributed by atoms with Crippen molar-refractivity contribution in [1.82, 2.24) is 8.61 Å². The van der Waals surface area contributed by atoms with Gasteiger partial charge in [0.05, 0.1) is 17.3 Å². The highest BCUT2D eigenvalue weighted by Crippen LogP contribution is 2.30. The fourth-order valence-electron chi connectivity index (χ4n) is 2.74. The molecule has 0 radical (unpaired) electrons. The summed E-state index contributed by atoms with van der Waals surface area (Å²) >= 11 is 0. The lowest BCUT2D eigenvalue weighted by molar-refractivity contribution is 0.220. The minimum atomic E-state index is -3.72. The van der Waals surface area contributed by atoms with Crippen molar-refractivity contribution in [2.75, 3.05) is 19.3 Å². The van der Waals surface area contributed by atoms with E-state index in [2.05, 4.69) is 0 Å². The van der Waals surface area contributed by atoms with Crippen molar-refractivity contribution in [3.05, 3.63) is 29.8 Å². The van der Waals surface area contributed by atoms with Crippen molar-refractivity contribution in [2.45, 2.75) is 31.8 Å². The number of benzene rings is 1. The second-order valence-electron chi connectivity index (χ2n) is 5.96. The third-order valence-electron chi connectivity index (χ3n) is 3.78. The summed E-state index contributed by atoms with van der Waals surface area (Å²) in [5.74, 6) is -0.141. The molecule has 0 bridgehead atoms. The van der Waals surface area contributed by atoms with Crippen molar-refractivity contribution in [3.8, 4) is 0 Å². The van der Waals surface area contributed by atoms with Gasteiger partial charge in [0.25, 0.3) is 0 Å².